The molecule has 2 heteroatoms. The topological polar surface area (TPSA) is 3.24 Å². The van der Waals surface area contributed by atoms with Crippen LogP contribution in [0.1, 0.15) is 45.9 Å². The van der Waals surface area contributed by atoms with Crippen LogP contribution >= 0.6 is 11.3 Å². The van der Waals surface area contributed by atoms with E-state index in [9.17, 15) is 0 Å². The number of benzene rings is 10. The first kappa shape index (κ1) is 37.7. The average molecular weight is 846 g/mol. The van der Waals surface area contributed by atoms with Gasteiger partial charge in [-0.1, -0.05) is 200 Å². The van der Waals surface area contributed by atoms with Crippen LogP contribution in [0.2, 0.25) is 0 Å². The highest BCUT2D eigenvalue weighted by Crippen LogP contribution is 2.60. The number of hydrogen-bond donors (Lipinski definition) is 0. The van der Waals surface area contributed by atoms with E-state index in [2.05, 4.69) is 254 Å². The molecule has 306 valence electrons. The van der Waals surface area contributed by atoms with Crippen LogP contribution in [-0.2, 0) is 10.8 Å². The summed E-state index contributed by atoms with van der Waals surface area (Å²) in [5, 5.41) is 2.64. The zero-order chi connectivity index (χ0) is 43.1. The van der Waals surface area contributed by atoms with Crippen LogP contribution in [0.5, 0.6) is 0 Å². The molecule has 10 aromatic carbocycles. The fourth-order valence-electron chi connectivity index (χ4n) is 11.6. The Morgan fingerprint density at radius 2 is 0.908 bits per heavy atom. The Labute approximate surface area is 384 Å². The fraction of sp³-hybridized carbons (Fsp3) is 0.0476. The highest BCUT2D eigenvalue weighted by atomic mass is 32.1. The molecule has 0 amide bonds. The molecule has 0 bridgehead atoms. The third-order valence-corrected chi connectivity index (χ3v) is 15.6. The van der Waals surface area contributed by atoms with Crippen molar-refractivity contribution in [3.8, 4) is 33.4 Å². The Hall–Kier alpha value is -7.78. The summed E-state index contributed by atoms with van der Waals surface area (Å²) < 4.78 is 2.63. The van der Waals surface area contributed by atoms with Crippen LogP contribution in [0, 0.1) is 0 Å². The van der Waals surface area contributed by atoms with Crippen LogP contribution in [0.25, 0.3) is 53.6 Å². The third kappa shape index (κ3) is 5.45. The SMILES string of the molecule is CC1(c2ccccc2)c2ccccc2-c2c(N(c3ccc(-c4cccc5sc6ccccc6c45)cc3)c3ccc4c(c3)C(c3ccccc3)(c3ccccc3)c3ccccc3-4)cccc21. The first-order valence-electron chi connectivity index (χ1n) is 22.6. The smallest absolute Gasteiger partial charge is 0.0714 e. The molecule has 1 nitrogen and oxygen atoms in total. The predicted octanol–water partition coefficient (Wildman–Crippen LogP) is 16.9. The van der Waals surface area contributed by atoms with Crippen LogP contribution < -0.4 is 4.90 Å². The molecule has 1 heterocycles. The Balaban J connectivity index is 1.07. The summed E-state index contributed by atoms with van der Waals surface area (Å²) in [7, 11) is 0. The summed E-state index contributed by atoms with van der Waals surface area (Å²) in [6.45, 7) is 2.41. The van der Waals surface area contributed by atoms with Gasteiger partial charge in [0.15, 0.2) is 0 Å². The molecule has 11 aromatic rings. The number of thiophene rings is 1. The monoisotopic (exact) mass is 845 g/mol. The van der Waals surface area contributed by atoms with Crippen molar-refractivity contribution in [3.05, 3.63) is 282 Å². The van der Waals surface area contributed by atoms with Gasteiger partial charge < -0.3 is 4.90 Å². The standard InChI is InChI=1S/C63H43NS/c1-62(43-19-5-2-6-20-43)53-29-14-12-26-51(53)61-55(62)31-18-32-57(61)64(46-37-35-42(36-38-46)48-28-17-34-59-60(48)52-27-13-16-33-58(52)65-59)47-39-40-50-49-25-11-15-30-54(49)63(56(50)41-47,44-21-7-3-8-22-44)45-23-9-4-10-24-45/h2-41H,1H3. The van der Waals surface area contributed by atoms with Crippen molar-refractivity contribution in [3.63, 3.8) is 0 Å². The van der Waals surface area contributed by atoms with Gasteiger partial charge in [-0.05, 0) is 116 Å². The van der Waals surface area contributed by atoms with E-state index < -0.39 is 5.41 Å². The van der Waals surface area contributed by atoms with Crippen LogP contribution in [0.15, 0.2) is 243 Å². The van der Waals surface area contributed by atoms with E-state index in [0.717, 1.165) is 17.1 Å². The maximum Gasteiger partial charge on any atom is 0.0714 e. The van der Waals surface area contributed by atoms with E-state index in [-0.39, 0.29) is 5.41 Å². The number of rotatable bonds is 7. The second-order valence-electron chi connectivity index (χ2n) is 17.7. The predicted molar refractivity (Wildman–Crippen MR) is 274 cm³/mol. The Bertz CT molecular complexity index is 3570. The molecule has 65 heavy (non-hydrogen) atoms. The van der Waals surface area contributed by atoms with Crippen LogP contribution in [0.3, 0.4) is 0 Å². The Morgan fingerprint density at radius 3 is 1.65 bits per heavy atom. The molecule has 0 N–H and O–H groups in total. The molecular formula is C63H43NS. The molecule has 0 saturated heterocycles. The number of hydrogen-bond acceptors (Lipinski definition) is 2. The molecule has 0 saturated carbocycles. The van der Waals surface area contributed by atoms with Gasteiger partial charge in [0, 0.05) is 42.5 Å². The van der Waals surface area contributed by atoms with Crippen molar-refractivity contribution in [2.45, 2.75) is 17.8 Å². The zero-order valence-electron chi connectivity index (χ0n) is 35.9. The van der Waals surface area contributed by atoms with E-state index in [0.29, 0.717) is 0 Å². The van der Waals surface area contributed by atoms with E-state index in [1.54, 1.807) is 0 Å². The highest BCUT2D eigenvalue weighted by molar-refractivity contribution is 7.25. The third-order valence-electron chi connectivity index (χ3n) is 14.4. The normalized spacial score (nSPS) is 15.3. The quantitative estimate of drug-likeness (QED) is 0.154. The fourth-order valence-corrected chi connectivity index (χ4v) is 12.7. The first-order chi connectivity index (χ1) is 32.1. The van der Waals surface area contributed by atoms with Gasteiger partial charge in [0.2, 0.25) is 0 Å². The zero-order valence-corrected chi connectivity index (χ0v) is 36.8. The molecule has 2 aliphatic rings. The maximum atomic E-state index is 2.53. The highest BCUT2D eigenvalue weighted by Gasteiger charge is 2.47. The lowest BCUT2D eigenvalue weighted by molar-refractivity contribution is 0.714. The molecule has 0 radical (unpaired) electrons. The Kier molecular flexibility index (Phi) is 8.50. The van der Waals surface area contributed by atoms with Gasteiger partial charge in [-0.25, -0.2) is 0 Å². The van der Waals surface area contributed by atoms with Crippen molar-refractivity contribution in [1.82, 2.24) is 0 Å². The largest absolute Gasteiger partial charge is 0.310 e. The number of nitrogens with zero attached hydrogens (tertiary/aromatic N) is 1. The molecule has 2 aliphatic carbocycles. The molecule has 0 fully saturated rings. The molecule has 1 aromatic heterocycles. The maximum absolute atomic E-state index is 2.53. The van der Waals surface area contributed by atoms with Crippen molar-refractivity contribution >= 4 is 48.6 Å². The average Bonchev–Trinajstić information content (AvgIpc) is 4.00. The molecule has 0 aliphatic heterocycles. The summed E-state index contributed by atoms with van der Waals surface area (Å²) >= 11 is 1.87. The minimum Gasteiger partial charge on any atom is -0.310 e. The molecule has 1 unspecified atom stereocenters. The van der Waals surface area contributed by atoms with Gasteiger partial charge in [-0.15, -0.1) is 11.3 Å². The van der Waals surface area contributed by atoms with Gasteiger partial charge >= 0.3 is 0 Å². The van der Waals surface area contributed by atoms with Crippen molar-refractivity contribution in [2.75, 3.05) is 4.90 Å². The summed E-state index contributed by atoms with van der Waals surface area (Å²) in [4.78, 5) is 2.53. The van der Waals surface area contributed by atoms with Gasteiger partial charge in [0.25, 0.3) is 0 Å². The van der Waals surface area contributed by atoms with E-state index >= 15 is 0 Å². The number of fused-ring (bicyclic) bond motifs is 9. The summed E-state index contributed by atoms with van der Waals surface area (Å²) in [6, 6.07) is 90.5. The second-order valence-corrected chi connectivity index (χ2v) is 18.7. The van der Waals surface area contributed by atoms with E-state index in [1.807, 2.05) is 11.3 Å². The minimum absolute atomic E-state index is 0.337. The lowest BCUT2D eigenvalue weighted by atomic mass is 9.67. The van der Waals surface area contributed by atoms with Gasteiger partial charge in [-0.2, -0.15) is 0 Å². The van der Waals surface area contributed by atoms with E-state index in [1.165, 1.54) is 92.5 Å². The van der Waals surface area contributed by atoms with Crippen molar-refractivity contribution in [2.24, 2.45) is 0 Å². The minimum atomic E-state index is -0.529. The van der Waals surface area contributed by atoms with Gasteiger partial charge in [-0.3, -0.25) is 0 Å². The van der Waals surface area contributed by atoms with E-state index in [4.69, 9.17) is 0 Å². The van der Waals surface area contributed by atoms with Crippen LogP contribution in [0.4, 0.5) is 17.1 Å². The molecular weight excluding hydrogens is 803 g/mol. The van der Waals surface area contributed by atoms with Crippen LogP contribution in [-0.4, -0.2) is 0 Å². The molecule has 1 atom stereocenters. The molecule has 0 spiro atoms. The van der Waals surface area contributed by atoms with Crippen molar-refractivity contribution in [1.29, 1.82) is 0 Å². The first-order valence-corrected chi connectivity index (χ1v) is 23.4. The summed E-state index contributed by atoms with van der Waals surface area (Å²) in [6.07, 6.45) is 0. The lowest BCUT2D eigenvalue weighted by Crippen LogP contribution is -2.28. The second kappa shape index (κ2) is 14.6. The number of anilines is 3. The van der Waals surface area contributed by atoms with Crippen molar-refractivity contribution < 1.29 is 0 Å². The lowest BCUT2D eigenvalue weighted by Gasteiger charge is -2.35. The Morgan fingerprint density at radius 1 is 0.369 bits per heavy atom. The van der Waals surface area contributed by atoms with Gasteiger partial charge in [0.1, 0.15) is 0 Å². The summed E-state index contributed by atoms with van der Waals surface area (Å²) in [5.41, 5.74) is 19.1. The summed E-state index contributed by atoms with van der Waals surface area (Å²) in [5.74, 6) is 0. The molecule has 13 rings (SSSR count). The van der Waals surface area contributed by atoms with Gasteiger partial charge in [0.05, 0.1) is 11.1 Å².